The molecule has 0 spiro atoms. The summed E-state index contributed by atoms with van der Waals surface area (Å²) in [6.07, 6.45) is 1.79. The fraction of sp³-hybridized carbons (Fsp3) is 0. The quantitative estimate of drug-likeness (QED) is 0.740. The zero-order valence-corrected chi connectivity index (χ0v) is 9.69. The van der Waals surface area contributed by atoms with E-state index in [2.05, 4.69) is 4.90 Å². The lowest BCUT2D eigenvalue weighted by Crippen LogP contribution is -2.11. The largest absolute Gasteiger partial charge is 0.455 e. The van der Waals surface area contributed by atoms with E-state index in [1.807, 2.05) is 43.8 Å². The van der Waals surface area contributed by atoms with Gasteiger partial charge in [0.25, 0.3) is 0 Å². The first kappa shape index (κ1) is 10.4. The van der Waals surface area contributed by atoms with E-state index >= 15 is 0 Å². The number of nitrogens with zero attached hydrogens (tertiary/aromatic N) is 1. The van der Waals surface area contributed by atoms with Crippen LogP contribution in [0.2, 0.25) is 5.02 Å². The summed E-state index contributed by atoms with van der Waals surface area (Å²) < 4.78 is 5.81. The summed E-state index contributed by atoms with van der Waals surface area (Å²) in [4.78, 5) is 4.11. The highest BCUT2D eigenvalue weighted by molar-refractivity contribution is 6.58. The predicted octanol–water partition coefficient (Wildman–Crippen LogP) is 2.81. The Bertz CT molecular complexity index is 598. The minimum atomic E-state index is 0.601. The number of halogens is 1. The van der Waals surface area contributed by atoms with E-state index in [0.29, 0.717) is 10.8 Å². The Labute approximate surface area is 105 Å². The van der Waals surface area contributed by atoms with Crippen LogP contribution in [0.5, 0.6) is 11.5 Å². The summed E-state index contributed by atoms with van der Waals surface area (Å²) in [5, 5.41) is 0.601. The molecule has 2 aromatic carbocycles. The van der Waals surface area contributed by atoms with Crippen molar-refractivity contribution in [1.82, 2.24) is 0 Å². The topological polar surface area (TPSA) is 21.6 Å². The second-order valence-electron chi connectivity index (χ2n) is 3.70. The summed E-state index contributed by atoms with van der Waals surface area (Å²) >= 11 is 6.06. The zero-order chi connectivity index (χ0) is 11.7. The second kappa shape index (κ2) is 4.26. The van der Waals surface area contributed by atoms with Gasteiger partial charge in [-0.2, -0.15) is 0 Å². The first-order chi connectivity index (χ1) is 8.34. The van der Waals surface area contributed by atoms with Gasteiger partial charge in [0.05, 0.1) is 5.02 Å². The molecule has 1 aliphatic heterocycles. The smallest absolute Gasteiger partial charge is 0.312 e. The predicted molar refractivity (Wildman–Crippen MR) is 71.0 cm³/mol. The molecule has 0 atom stereocenters. The maximum absolute atomic E-state index is 6.06. The van der Waals surface area contributed by atoms with Crippen molar-refractivity contribution in [3.63, 3.8) is 0 Å². The Balaban J connectivity index is 1.99. The molecule has 1 aliphatic rings. The van der Waals surface area contributed by atoms with Gasteiger partial charge in [0.1, 0.15) is 11.5 Å². The first-order valence-corrected chi connectivity index (χ1v) is 5.64. The summed E-state index contributed by atoms with van der Waals surface area (Å²) in [7, 11) is 1.81. The second-order valence-corrected chi connectivity index (χ2v) is 4.11. The van der Waals surface area contributed by atoms with Crippen LogP contribution in [-0.4, -0.2) is 13.6 Å². The van der Waals surface area contributed by atoms with E-state index in [9.17, 15) is 0 Å². The monoisotopic (exact) mass is 240 g/mol. The number of hydrogen-bond donors (Lipinski definition) is 0. The highest BCUT2D eigenvalue weighted by Crippen LogP contribution is 2.30. The molecule has 1 radical (unpaired) electrons. The number of para-hydroxylation sites is 1. The van der Waals surface area contributed by atoms with Crippen LogP contribution in [0, 0.1) is 0 Å². The molecule has 0 bridgehead atoms. The SMILES string of the molecule is Clc1ccccc1Oc1cccc2c1C=N[B]2. The number of rotatable bonds is 2. The van der Waals surface area contributed by atoms with E-state index in [1.165, 1.54) is 0 Å². The van der Waals surface area contributed by atoms with Gasteiger partial charge in [-0.1, -0.05) is 35.9 Å². The van der Waals surface area contributed by atoms with Gasteiger partial charge in [-0.15, -0.1) is 0 Å². The van der Waals surface area contributed by atoms with Gasteiger partial charge in [0.2, 0.25) is 0 Å². The molecule has 2 aromatic rings. The van der Waals surface area contributed by atoms with Crippen molar-refractivity contribution in [2.24, 2.45) is 4.90 Å². The van der Waals surface area contributed by atoms with E-state index in [4.69, 9.17) is 16.3 Å². The minimum absolute atomic E-state index is 0.601. The van der Waals surface area contributed by atoms with Gasteiger partial charge >= 0.3 is 7.41 Å². The van der Waals surface area contributed by atoms with Crippen molar-refractivity contribution >= 4 is 30.7 Å². The van der Waals surface area contributed by atoms with Crippen LogP contribution >= 0.6 is 11.6 Å². The highest BCUT2D eigenvalue weighted by atomic mass is 35.5. The van der Waals surface area contributed by atoms with Gasteiger partial charge in [-0.3, -0.25) is 0 Å². The van der Waals surface area contributed by atoms with Crippen molar-refractivity contribution < 1.29 is 4.74 Å². The summed E-state index contributed by atoms with van der Waals surface area (Å²) in [6, 6.07) is 13.3. The highest BCUT2D eigenvalue weighted by Gasteiger charge is 2.14. The molecule has 17 heavy (non-hydrogen) atoms. The van der Waals surface area contributed by atoms with Crippen molar-refractivity contribution in [2.45, 2.75) is 0 Å². The average molecular weight is 240 g/mol. The van der Waals surface area contributed by atoms with E-state index in [0.717, 1.165) is 16.8 Å². The molecule has 3 rings (SSSR count). The molecule has 0 saturated carbocycles. The molecule has 0 fully saturated rings. The first-order valence-electron chi connectivity index (χ1n) is 5.26. The van der Waals surface area contributed by atoms with Crippen LogP contribution in [0.3, 0.4) is 0 Å². The lowest BCUT2D eigenvalue weighted by molar-refractivity contribution is 0.483. The van der Waals surface area contributed by atoms with Crippen molar-refractivity contribution in [3.05, 3.63) is 53.1 Å². The van der Waals surface area contributed by atoms with Gasteiger partial charge in [0.15, 0.2) is 0 Å². The van der Waals surface area contributed by atoms with Crippen LogP contribution < -0.4 is 10.2 Å². The summed E-state index contributed by atoms with van der Waals surface area (Å²) in [5.74, 6) is 1.43. The van der Waals surface area contributed by atoms with E-state index in [1.54, 1.807) is 12.3 Å². The van der Waals surface area contributed by atoms with Gasteiger partial charge in [0, 0.05) is 11.8 Å². The molecule has 0 aliphatic carbocycles. The molecular weight excluding hydrogens is 232 g/mol. The molecule has 0 unspecified atom stereocenters. The van der Waals surface area contributed by atoms with Gasteiger partial charge in [-0.05, 0) is 23.7 Å². The van der Waals surface area contributed by atoms with Crippen molar-refractivity contribution in [1.29, 1.82) is 0 Å². The maximum Gasteiger partial charge on any atom is 0.312 e. The fourth-order valence-electron chi connectivity index (χ4n) is 1.74. The third-order valence-electron chi connectivity index (χ3n) is 2.57. The Morgan fingerprint density at radius 1 is 1.00 bits per heavy atom. The molecule has 0 saturated heterocycles. The standard InChI is InChI=1S/C13H8BClNO/c15-11-5-1-2-6-13(11)17-12-7-3-4-10-9(12)8-16-14-10/h1-8H. The van der Waals surface area contributed by atoms with E-state index < -0.39 is 0 Å². The van der Waals surface area contributed by atoms with Crippen LogP contribution in [0.1, 0.15) is 5.56 Å². The average Bonchev–Trinajstić information content (AvgIpc) is 2.81. The van der Waals surface area contributed by atoms with Crippen LogP contribution in [0.25, 0.3) is 0 Å². The zero-order valence-electron chi connectivity index (χ0n) is 8.93. The molecule has 81 valence electrons. The molecule has 2 nitrogen and oxygen atoms in total. The molecule has 0 N–H and O–H groups in total. The van der Waals surface area contributed by atoms with E-state index in [-0.39, 0.29) is 0 Å². The molecule has 4 heteroatoms. The summed E-state index contributed by atoms with van der Waals surface area (Å²) in [5.41, 5.74) is 2.06. The van der Waals surface area contributed by atoms with Gasteiger partial charge < -0.3 is 9.64 Å². The Morgan fingerprint density at radius 3 is 2.71 bits per heavy atom. The van der Waals surface area contributed by atoms with Crippen LogP contribution in [0.15, 0.2) is 47.4 Å². The number of ether oxygens (including phenoxy) is 1. The van der Waals surface area contributed by atoms with Crippen LogP contribution in [0.4, 0.5) is 0 Å². The third kappa shape index (κ3) is 1.94. The van der Waals surface area contributed by atoms with Crippen molar-refractivity contribution in [2.75, 3.05) is 0 Å². The Kier molecular flexibility index (Phi) is 2.61. The molecular formula is C13H8BClNO. The van der Waals surface area contributed by atoms with Crippen molar-refractivity contribution in [3.8, 4) is 11.5 Å². The third-order valence-corrected chi connectivity index (χ3v) is 2.89. The Hall–Kier alpha value is -1.74. The normalized spacial score (nSPS) is 12.1. The molecule has 1 heterocycles. The Morgan fingerprint density at radius 2 is 1.82 bits per heavy atom. The molecule has 0 amide bonds. The van der Waals surface area contributed by atoms with Gasteiger partial charge in [-0.25, -0.2) is 0 Å². The molecule has 0 aromatic heterocycles. The number of fused-ring (bicyclic) bond motifs is 1. The fourth-order valence-corrected chi connectivity index (χ4v) is 1.91. The summed E-state index contributed by atoms with van der Waals surface area (Å²) in [6.45, 7) is 0. The number of hydrogen-bond acceptors (Lipinski definition) is 2. The lowest BCUT2D eigenvalue weighted by atomic mass is 9.84. The number of benzene rings is 2. The lowest BCUT2D eigenvalue weighted by Gasteiger charge is -2.10. The minimum Gasteiger partial charge on any atom is -0.455 e. The van der Waals surface area contributed by atoms with Crippen LogP contribution in [-0.2, 0) is 0 Å². The maximum atomic E-state index is 6.06.